The summed E-state index contributed by atoms with van der Waals surface area (Å²) in [6.45, 7) is 3.38. The lowest BCUT2D eigenvalue weighted by molar-refractivity contribution is 0.437. The minimum absolute atomic E-state index is 0.0122. The van der Waals surface area contributed by atoms with Crippen molar-refractivity contribution in [3.05, 3.63) is 11.8 Å². The molecule has 1 heterocycles. The van der Waals surface area contributed by atoms with E-state index in [0.29, 0.717) is 22.5 Å². The second-order valence-electron chi connectivity index (χ2n) is 3.54. The van der Waals surface area contributed by atoms with E-state index in [1.807, 2.05) is 0 Å². The molecule has 0 spiro atoms. The Bertz CT molecular complexity index is 579. The van der Waals surface area contributed by atoms with E-state index < -0.39 is 20.1 Å². The monoisotopic (exact) mass is 300 g/mol. The molecular formula is C8H16N2O6S2. The standard InChI is InChI=1S/C7H12N2O3S.CH4O3S/c1-3-4-13(11,12)9-7(10)5-6(2)8-9;1-5(2,3)4/h5,10H,3-4H2,1-2H3;1H3,(H,2,3,4). The summed E-state index contributed by atoms with van der Waals surface area (Å²) < 4.78 is 49.4. The van der Waals surface area contributed by atoms with Crippen molar-refractivity contribution in [2.75, 3.05) is 12.0 Å². The lowest BCUT2D eigenvalue weighted by Crippen LogP contribution is -2.17. The molecule has 2 N–H and O–H groups in total. The summed E-state index contributed by atoms with van der Waals surface area (Å²) in [5.41, 5.74) is 0.483. The predicted octanol–water partition coefficient (Wildman–Crippen LogP) is -0.0110. The second-order valence-corrected chi connectivity index (χ2v) is 6.92. The van der Waals surface area contributed by atoms with Gasteiger partial charge in [-0.1, -0.05) is 6.92 Å². The van der Waals surface area contributed by atoms with E-state index in [1.54, 1.807) is 13.8 Å². The first-order valence-corrected chi connectivity index (χ1v) is 8.34. The molecule has 106 valence electrons. The number of aromatic hydroxyl groups is 1. The molecule has 0 aliphatic heterocycles. The van der Waals surface area contributed by atoms with Gasteiger partial charge in [-0.2, -0.15) is 13.5 Å². The van der Waals surface area contributed by atoms with Gasteiger partial charge in [-0.05, 0) is 13.3 Å². The zero-order valence-corrected chi connectivity index (χ0v) is 11.9. The molecule has 0 aromatic carbocycles. The van der Waals surface area contributed by atoms with Crippen LogP contribution in [0.3, 0.4) is 0 Å². The second kappa shape index (κ2) is 6.16. The number of aromatic nitrogens is 2. The molecule has 18 heavy (non-hydrogen) atoms. The molecule has 0 fully saturated rings. The van der Waals surface area contributed by atoms with Gasteiger partial charge in [0.25, 0.3) is 20.1 Å². The molecule has 8 nitrogen and oxygen atoms in total. The first-order chi connectivity index (χ1) is 7.97. The third-order valence-electron chi connectivity index (χ3n) is 1.51. The van der Waals surface area contributed by atoms with Crippen LogP contribution in [0.2, 0.25) is 0 Å². The average Bonchev–Trinajstić information content (AvgIpc) is 2.42. The summed E-state index contributed by atoms with van der Waals surface area (Å²) in [7, 11) is -7.13. The van der Waals surface area contributed by atoms with Crippen LogP contribution in [0.15, 0.2) is 6.07 Å². The lowest BCUT2D eigenvalue weighted by atomic mass is 10.5. The predicted molar refractivity (Wildman–Crippen MR) is 65.6 cm³/mol. The molecule has 1 aromatic heterocycles. The largest absolute Gasteiger partial charge is 0.493 e. The molecule has 0 aliphatic carbocycles. The Balaban J connectivity index is 0.000000494. The minimum Gasteiger partial charge on any atom is -0.493 e. The van der Waals surface area contributed by atoms with E-state index in [1.165, 1.54) is 6.07 Å². The van der Waals surface area contributed by atoms with Crippen LogP contribution in [0, 0.1) is 6.92 Å². The Morgan fingerprint density at radius 1 is 1.33 bits per heavy atom. The van der Waals surface area contributed by atoms with E-state index in [4.69, 9.17) is 4.55 Å². The van der Waals surface area contributed by atoms with E-state index >= 15 is 0 Å². The highest BCUT2D eigenvalue weighted by Gasteiger charge is 2.17. The van der Waals surface area contributed by atoms with Crippen LogP contribution >= 0.6 is 0 Å². The third kappa shape index (κ3) is 6.57. The molecule has 1 rings (SSSR count). The quantitative estimate of drug-likeness (QED) is 0.751. The number of hydrogen-bond donors (Lipinski definition) is 2. The average molecular weight is 300 g/mol. The molecule has 0 saturated carbocycles. The highest BCUT2D eigenvalue weighted by molar-refractivity contribution is 7.89. The highest BCUT2D eigenvalue weighted by Crippen LogP contribution is 2.13. The van der Waals surface area contributed by atoms with Gasteiger partial charge in [0.2, 0.25) is 5.88 Å². The number of aryl methyl sites for hydroxylation is 1. The van der Waals surface area contributed by atoms with Crippen molar-refractivity contribution in [1.29, 1.82) is 0 Å². The summed E-state index contributed by atoms with van der Waals surface area (Å²) in [6, 6.07) is 1.31. The molecule has 0 unspecified atom stereocenters. The number of nitrogens with zero attached hydrogens (tertiary/aromatic N) is 2. The maximum Gasteiger partial charge on any atom is 0.261 e. The summed E-state index contributed by atoms with van der Waals surface area (Å²) >= 11 is 0. The van der Waals surface area contributed by atoms with E-state index in [9.17, 15) is 21.9 Å². The molecule has 0 amide bonds. The fourth-order valence-electron chi connectivity index (χ4n) is 1.01. The molecular weight excluding hydrogens is 284 g/mol. The maximum absolute atomic E-state index is 11.4. The Kier molecular flexibility index (Phi) is 5.77. The van der Waals surface area contributed by atoms with Gasteiger partial charge in [0, 0.05) is 6.07 Å². The molecule has 0 atom stereocenters. The van der Waals surface area contributed by atoms with Gasteiger partial charge < -0.3 is 5.11 Å². The van der Waals surface area contributed by atoms with Crippen LogP contribution < -0.4 is 0 Å². The first kappa shape index (κ1) is 16.9. The van der Waals surface area contributed by atoms with Crippen molar-refractivity contribution >= 4 is 20.1 Å². The Labute approximate surface area is 106 Å². The van der Waals surface area contributed by atoms with Crippen molar-refractivity contribution in [3.8, 4) is 5.88 Å². The zero-order chi connectivity index (χ0) is 14.6. The van der Waals surface area contributed by atoms with Gasteiger partial charge in [-0.3, -0.25) is 4.55 Å². The molecule has 10 heteroatoms. The van der Waals surface area contributed by atoms with E-state index in [-0.39, 0.29) is 11.6 Å². The number of rotatable bonds is 3. The van der Waals surface area contributed by atoms with Crippen molar-refractivity contribution in [3.63, 3.8) is 0 Å². The summed E-state index contributed by atoms with van der Waals surface area (Å²) in [6.07, 6.45) is 1.22. The third-order valence-corrected chi connectivity index (χ3v) is 3.23. The van der Waals surface area contributed by atoms with Gasteiger partial charge in [0.05, 0.1) is 17.7 Å². The van der Waals surface area contributed by atoms with Crippen molar-refractivity contribution in [1.82, 2.24) is 9.19 Å². The SMILES string of the molecule is CCCS(=O)(=O)n1nc(C)cc1O.CS(=O)(=O)O. The molecule has 0 saturated heterocycles. The molecule has 1 aromatic rings. The Morgan fingerprint density at radius 3 is 2.06 bits per heavy atom. The van der Waals surface area contributed by atoms with Crippen LogP contribution in [0.25, 0.3) is 0 Å². The fourth-order valence-corrected chi connectivity index (χ4v) is 2.29. The van der Waals surface area contributed by atoms with Crippen molar-refractivity contribution in [2.45, 2.75) is 20.3 Å². The van der Waals surface area contributed by atoms with Crippen LogP contribution in [-0.4, -0.2) is 47.7 Å². The summed E-state index contributed by atoms with van der Waals surface area (Å²) in [4.78, 5) is 0. The summed E-state index contributed by atoms with van der Waals surface area (Å²) in [5, 5.41) is 12.9. The van der Waals surface area contributed by atoms with Gasteiger partial charge >= 0.3 is 0 Å². The smallest absolute Gasteiger partial charge is 0.261 e. The fraction of sp³-hybridized carbons (Fsp3) is 0.625. The summed E-state index contributed by atoms with van der Waals surface area (Å²) in [5.74, 6) is -0.340. The first-order valence-electron chi connectivity index (χ1n) is 4.88. The van der Waals surface area contributed by atoms with E-state index in [2.05, 4.69) is 5.10 Å². The number of hydrogen-bond acceptors (Lipinski definition) is 6. The van der Waals surface area contributed by atoms with Gasteiger partial charge in [-0.25, -0.2) is 8.42 Å². The lowest BCUT2D eigenvalue weighted by Gasteiger charge is -2.02. The molecule has 0 aliphatic rings. The minimum atomic E-state index is -3.67. The topological polar surface area (TPSA) is 127 Å². The van der Waals surface area contributed by atoms with Crippen LogP contribution in [0.5, 0.6) is 5.88 Å². The zero-order valence-electron chi connectivity index (χ0n) is 10.2. The highest BCUT2D eigenvalue weighted by atomic mass is 32.2. The molecule has 0 radical (unpaired) electrons. The van der Waals surface area contributed by atoms with E-state index in [0.717, 1.165) is 0 Å². The van der Waals surface area contributed by atoms with Crippen LogP contribution in [0.4, 0.5) is 0 Å². The van der Waals surface area contributed by atoms with Gasteiger partial charge in [0.15, 0.2) is 0 Å². The Hall–Kier alpha value is -1.13. The van der Waals surface area contributed by atoms with Crippen LogP contribution in [0.1, 0.15) is 19.0 Å². The van der Waals surface area contributed by atoms with Crippen LogP contribution in [-0.2, 0) is 20.1 Å². The normalized spacial score (nSPS) is 11.8. The van der Waals surface area contributed by atoms with Crippen molar-refractivity contribution < 1.29 is 26.5 Å². The van der Waals surface area contributed by atoms with Crippen molar-refractivity contribution in [2.24, 2.45) is 0 Å². The van der Waals surface area contributed by atoms with Gasteiger partial charge in [-0.15, -0.1) is 4.09 Å². The van der Waals surface area contributed by atoms with Gasteiger partial charge in [0.1, 0.15) is 0 Å². The maximum atomic E-state index is 11.4. The Morgan fingerprint density at radius 2 is 1.78 bits per heavy atom. The molecule has 0 bridgehead atoms.